The molecular formula is C14H22N4. The van der Waals surface area contributed by atoms with Gasteiger partial charge < -0.3 is 16.0 Å². The summed E-state index contributed by atoms with van der Waals surface area (Å²) in [7, 11) is 0. The molecule has 0 bridgehead atoms. The molecule has 0 saturated carbocycles. The first-order valence-electron chi connectivity index (χ1n) is 6.42. The van der Waals surface area contributed by atoms with E-state index < -0.39 is 0 Å². The van der Waals surface area contributed by atoms with E-state index in [9.17, 15) is 0 Å². The zero-order valence-electron chi connectivity index (χ0n) is 11.2. The lowest BCUT2D eigenvalue weighted by atomic mass is 10.1. The highest BCUT2D eigenvalue weighted by Gasteiger charge is 2.02. The van der Waals surface area contributed by atoms with Gasteiger partial charge in [-0.3, -0.25) is 0 Å². The van der Waals surface area contributed by atoms with E-state index in [1.165, 1.54) is 0 Å². The summed E-state index contributed by atoms with van der Waals surface area (Å²) in [5.41, 5.74) is 8.42. The van der Waals surface area contributed by atoms with E-state index >= 15 is 0 Å². The van der Waals surface area contributed by atoms with Crippen LogP contribution in [0.1, 0.15) is 19.4 Å². The molecule has 1 aromatic rings. The molecule has 98 valence electrons. The van der Waals surface area contributed by atoms with E-state index in [0.29, 0.717) is 12.1 Å². The third kappa shape index (κ3) is 4.27. The Morgan fingerprint density at radius 3 is 2.67 bits per heavy atom. The zero-order valence-corrected chi connectivity index (χ0v) is 11.2. The highest BCUT2D eigenvalue weighted by Crippen LogP contribution is 2.18. The second-order valence-electron chi connectivity index (χ2n) is 4.20. The van der Waals surface area contributed by atoms with Gasteiger partial charge in [0.15, 0.2) is 0 Å². The number of nitrogens with one attached hydrogen (secondary N) is 1. The van der Waals surface area contributed by atoms with E-state index in [-0.39, 0.29) is 0 Å². The number of nitrogens with zero attached hydrogens (tertiary/aromatic N) is 2. The van der Waals surface area contributed by atoms with Crippen molar-refractivity contribution >= 4 is 11.4 Å². The Bertz CT molecular complexity index is 405. The Balaban J connectivity index is 2.52. The van der Waals surface area contributed by atoms with Crippen molar-refractivity contribution in [2.75, 3.05) is 37.2 Å². The van der Waals surface area contributed by atoms with Crippen LogP contribution in [0.4, 0.5) is 11.4 Å². The summed E-state index contributed by atoms with van der Waals surface area (Å²) in [5.74, 6) is 0. The standard InChI is InChI=1S/C14H22N4/c1-3-18(4-2)10-9-17-13-5-6-14(16)12(11-13)7-8-15/h5-6,11,17H,3-4,7,9-10,16H2,1-2H3. The van der Waals surface area contributed by atoms with Crippen molar-refractivity contribution in [3.05, 3.63) is 23.8 Å². The first-order valence-corrected chi connectivity index (χ1v) is 6.42. The Morgan fingerprint density at radius 1 is 1.33 bits per heavy atom. The molecule has 0 amide bonds. The molecule has 3 N–H and O–H groups in total. The molecule has 0 unspecified atom stereocenters. The van der Waals surface area contributed by atoms with Crippen LogP contribution in [0.25, 0.3) is 0 Å². The molecular weight excluding hydrogens is 224 g/mol. The van der Waals surface area contributed by atoms with Crippen LogP contribution < -0.4 is 11.1 Å². The van der Waals surface area contributed by atoms with Gasteiger partial charge in [0.05, 0.1) is 12.5 Å². The number of nitrogens with two attached hydrogens (primary N) is 1. The smallest absolute Gasteiger partial charge is 0.0670 e. The Hall–Kier alpha value is -1.73. The van der Waals surface area contributed by atoms with Gasteiger partial charge in [-0.05, 0) is 36.9 Å². The second-order valence-corrected chi connectivity index (χ2v) is 4.20. The summed E-state index contributed by atoms with van der Waals surface area (Å²) in [4.78, 5) is 2.36. The Morgan fingerprint density at radius 2 is 2.06 bits per heavy atom. The Labute approximate surface area is 109 Å². The molecule has 0 fully saturated rings. The molecule has 0 aromatic heterocycles. The molecule has 4 heteroatoms. The number of hydrogen-bond acceptors (Lipinski definition) is 4. The maximum Gasteiger partial charge on any atom is 0.0670 e. The van der Waals surface area contributed by atoms with Crippen LogP contribution in [0.2, 0.25) is 0 Å². The monoisotopic (exact) mass is 246 g/mol. The molecule has 0 radical (unpaired) electrons. The maximum atomic E-state index is 8.72. The predicted octanol–water partition coefficient (Wildman–Crippen LogP) is 2.09. The first kappa shape index (κ1) is 14.3. The van der Waals surface area contributed by atoms with Crippen molar-refractivity contribution in [1.82, 2.24) is 4.90 Å². The van der Waals surface area contributed by atoms with Crippen molar-refractivity contribution < 1.29 is 0 Å². The molecule has 18 heavy (non-hydrogen) atoms. The van der Waals surface area contributed by atoms with E-state index in [2.05, 4.69) is 30.1 Å². The van der Waals surface area contributed by atoms with Crippen molar-refractivity contribution in [2.45, 2.75) is 20.3 Å². The van der Waals surface area contributed by atoms with Crippen molar-refractivity contribution in [3.63, 3.8) is 0 Å². The molecule has 1 aromatic carbocycles. The van der Waals surface area contributed by atoms with Gasteiger partial charge in [-0.1, -0.05) is 13.8 Å². The fourth-order valence-corrected chi connectivity index (χ4v) is 1.85. The zero-order chi connectivity index (χ0) is 13.4. The van der Waals surface area contributed by atoms with Crippen LogP contribution >= 0.6 is 0 Å². The van der Waals surface area contributed by atoms with Crippen molar-refractivity contribution in [3.8, 4) is 6.07 Å². The van der Waals surface area contributed by atoms with Gasteiger partial charge in [-0.2, -0.15) is 5.26 Å². The number of benzene rings is 1. The van der Waals surface area contributed by atoms with E-state index in [1.54, 1.807) is 0 Å². The third-order valence-electron chi connectivity index (χ3n) is 3.06. The van der Waals surface area contributed by atoms with Crippen molar-refractivity contribution in [2.24, 2.45) is 0 Å². The molecule has 1 rings (SSSR count). The van der Waals surface area contributed by atoms with Crippen LogP contribution in [0.5, 0.6) is 0 Å². The average molecular weight is 246 g/mol. The largest absolute Gasteiger partial charge is 0.398 e. The number of anilines is 2. The summed E-state index contributed by atoms with van der Waals surface area (Å²) >= 11 is 0. The topological polar surface area (TPSA) is 65.1 Å². The van der Waals surface area contributed by atoms with Crippen molar-refractivity contribution in [1.29, 1.82) is 5.26 Å². The minimum absolute atomic E-state index is 0.359. The molecule has 0 aliphatic heterocycles. The van der Waals surface area contributed by atoms with Crippen LogP contribution in [0, 0.1) is 11.3 Å². The number of nitrogen functional groups attached to an aromatic ring is 1. The summed E-state index contributed by atoms with van der Waals surface area (Å²) in [6.07, 6.45) is 0.359. The average Bonchev–Trinajstić information content (AvgIpc) is 2.38. The van der Waals surface area contributed by atoms with Gasteiger partial charge in [-0.15, -0.1) is 0 Å². The van der Waals surface area contributed by atoms with E-state index in [4.69, 9.17) is 11.0 Å². The van der Waals surface area contributed by atoms with Gasteiger partial charge in [0.2, 0.25) is 0 Å². The van der Waals surface area contributed by atoms with Gasteiger partial charge in [0, 0.05) is 24.5 Å². The van der Waals surface area contributed by atoms with Crippen LogP contribution in [0.3, 0.4) is 0 Å². The van der Waals surface area contributed by atoms with Gasteiger partial charge in [-0.25, -0.2) is 0 Å². The summed E-state index contributed by atoms with van der Waals surface area (Å²) < 4.78 is 0. The minimum Gasteiger partial charge on any atom is -0.398 e. The van der Waals surface area contributed by atoms with Gasteiger partial charge in [0.1, 0.15) is 0 Å². The maximum absolute atomic E-state index is 8.72. The lowest BCUT2D eigenvalue weighted by Crippen LogP contribution is -2.28. The Kier molecular flexibility index (Phi) is 6.03. The fourth-order valence-electron chi connectivity index (χ4n) is 1.85. The van der Waals surface area contributed by atoms with E-state index in [0.717, 1.165) is 37.4 Å². The summed E-state index contributed by atoms with van der Waals surface area (Å²) in [5, 5.41) is 12.1. The molecule has 0 saturated heterocycles. The number of likely N-dealkylation sites (N-methyl/N-ethyl adjacent to an activating group) is 1. The third-order valence-corrected chi connectivity index (χ3v) is 3.06. The molecule has 0 spiro atoms. The van der Waals surface area contributed by atoms with Gasteiger partial charge in [0.25, 0.3) is 0 Å². The van der Waals surface area contributed by atoms with E-state index in [1.807, 2.05) is 18.2 Å². The molecule has 0 atom stereocenters. The number of hydrogen-bond donors (Lipinski definition) is 2. The highest BCUT2D eigenvalue weighted by atomic mass is 15.1. The minimum atomic E-state index is 0.359. The van der Waals surface area contributed by atoms with Crippen LogP contribution in [0.15, 0.2) is 18.2 Å². The van der Waals surface area contributed by atoms with Gasteiger partial charge >= 0.3 is 0 Å². The lowest BCUT2D eigenvalue weighted by Gasteiger charge is -2.18. The predicted molar refractivity (Wildman–Crippen MR) is 76.4 cm³/mol. The number of nitriles is 1. The lowest BCUT2D eigenvalue weighted by molar-refractivity contribution is 0.316. The normalized spacial score (nSPS) is 10.3. The summed E-state index contributed by atoms with van der Waals surface area (Å²) in [6, 6.07) is 7.90. The molecule has 0 aliphatic carbocycles. The molecule has 0 aliphatic rings. The SMILES string of the molecule is CCN(CC)CCNc1ccc(N)c(CC#N)c1. The number of rotatable bonds is 7. The summed E-state index contributed by atoms with van der Waals surface area (Å²) in [6.45, 7) is 8.39. The quantitative estimate of drug-likeness (QED) is 0.723. The fraction of sp³-hybridized carbons (Fsp3) is 0.500. The first-order chi connectivity index (χ1) is 8.71. The highest BCUT2D eigenvalue weighted by molar-refractivity contribution is 5.58. The molecule has 4 nitrogen and oxygen atoms in total. The molecule has 0 heterocycles. The van der Waals surface area contributed by atoms with Crippen LogP contribution in [-0.4, -0.2) is 31.1 Å². The second kappa shape index (κ2) is 7.57. The van der Waals surface area contributed by atoms with Crippen LogP contribution in [-0.2, 0) is 6.42 Å².